The van der Waals surface area contributed by atoms with Crippen LogP contribution in [0.1, 0.15) is 12.0 Å². The number of halogens is 1. The van der Waals surface area contributed by atoms with Gasteiger partial charge in [-0.05, 0) is 12.5 Å². The highest BCUT2D eigenvalue weighted by Crippen LogP contribution is 2.40. The molecule has 2 N–H and O–H groups in total. The summed E-state index contributed by atoms with van der Waals surface area (Å²) < 4.78 is 23.9. The molecule has 0 fully saturated rings. The number of aromatic hydroxyl groups is 1. The van der Waals surface area contributed by atoms with E-state index in [4.69, 9.17) is 14.6 Å². The Morgan fingerprint density at radius 1 is 1.41 bits per heavy atom. The van der Waals surface area contributed by atoms with Gasteiger partial charge in [0.1, 0.15) is 13.2 Å². The summed E-state index contributed by atoms with van der Waals surface area (Å²) in [5.74, 6) is -2.41. The molecule has 1 heterocycles. The number of phenolic OH excluding ortho intramolecular Hbond substituents is 1. The largest absolute Gasteiger partial charge is 0.505 e. The molecule has 1 aliphatic rings. The Morgan fingerprint density at radius 3 is 2.82 bits per heavy atom. The standard InChI is InChI=1S/C11H11FO5/c12-9-10(15)6(1-2-8(13)14)5-7-11(9)17-4-3-16-7/h5,15H,1-4H2,(H,13,14). The van der Waals surface area contributed by atoms with Crippen molar-refractivity contribution in [3.63, 3.8) is 0 Å². The number of carboxylic acids is 1. The number of carbonyl (C=O) groups is 1. The zero-order chi connectivity index (χ0) is 12.4. The summed E-state index contributed by atoms with van der Waals surface area (Å²) in [5, 5.41) is 18.1. The van der Waals surface area contributed by atoms with Crippen molar-refractivity contribution in [2.75, 3.05) is 13.2 Å². The molecule has 0 saturated carbocycles. The summed E-state index contributed by atoms with van der Waals surface area (Å²) in [6, 6.07) is 1.41. The third-order valence-corrected chi connectivity index (χ3v) is 2.44. The third kappa shape index (κ3) is 2.25. The van der Waals surface area contributed by atoms with Crippen LogP contribution in [0.3, 0.4) is 0 Å². The molecule has 0 amide bonds. The Balaban J connectivity index is 2.33. The van der Waals surface area contributed by atoms with Gasteiger partial charge in [0, 0.05) is 12.0 Å². The number of benzene rings is 1. The van der Waals surface area contributed by atoms with E-state index in [-0.39, 0.29) is 36.5 Å². The molecule has 0 bridgehead atoms. The molecule has 1 aliphatic heterocycles. The van der Waals surface area contributed by atoms with Gasteiger partial charge in [0.15, 0.2) is 11.5 Å². The van der Waals surface area contributed by atoms with E-state index in [0.717, 1.165) is 0 Å². The molecule has 0 atom stereocenters. The fourth-order valence-electron chi connectivity index (χ4n) is 1.62. The Morgan fingerprint density at radius 2 is 2.12 bits per heavy atom. The highest BCUT2D eigenvalue weighted by molar-refractivity contribution is 5.67. The van der Waals surface area contributed by atoms with E-state index in [2.05, 4.69) is 0 Å². The van der Waals surface area contributed by atoms with Crippen LogP contribution in [0.25, 0.3) is 0 Å². The summed E-state index contributed by atoms with van der Waals surface area (Å²) in [5.41, 5.74) is 0.203. The zero-order valence-electron chi connectivity index (χ0n) is 8.90. The van der Waals surface area contributed by atoms with Gasteiger partial charge in [0.2, 0.25) is 11.6 Å². The first-order chi connectivity index (χ1) is 8.09. The first kappa shape index (κ1) is 11.5. The van der Waals surface area contributed by atoms with Crippen LogP contribution in [-0.2, 0) is 11.2 Å². The quantitative estimate of drug-likeness (QED) is 0.836. The van der Waals surface area contributed by atoms with E-state index in [9.17, 15) is 14.3 Å². The summed E-state index contributed by atoms with van der Waals surface area (Å²) in [6.07, 6.45) is -0.151. The highest BCUT2D eigenvalue weighted by atomic mass is 19.1. The Hall–Kier alpha value is -1.98. The van der Waals surface area contributed by atoms with Crippen LogP contribution in [0.2, 0.25) is 0 Å². The lowest BCUT2D eigenvalue weighted by Crippen LogP contribution is -2.17. The smallest absolute Gasteiger partial charge is 0.303 e. The van der Waals surface area contributed by atoms with Crippen LogP contribution >= 0.6 is 0 Å². The molecule has 0 spiro atoms. The maximum absolute atomic E-state index is 13.7. The monoisotopic (exact) mass is 242 g/mol. The van der Waals surface area contributed by atoms with Crippen LogP contribution in [0.4, 0.5) is 4.39 Å². The molecule has 0 saturated heterocycles. The van der Waals surface area contributed by atoms with Crippen LogP contribution in [0.15, 0.2) is 6.07 Å². The molecule has 0 radical (unpaired) electrons. The molecular weight excluding hydrogens is 231 g/mol. The van der Waals surface area contributed by atoms with Gasteiger partial charge in [-0.3, -0.25) is 4.79 Å². The minimum atomic E-state index is -1.01. The fourth-order valence-corrected chi connectivity index (χ4v) is 1.62. The van der Waals surface area contributed by atoms with Gasteiger partial charge in [-0.25, -0.2) is 0 Å². The normalized spacial score (nSPS) is 13.5. The van der Waals surface area contributed by atoms with Crippen LogP contribution < -0.4 is 9.47 Å². The minimum Gasteiger partial charge on any atom is -0.505 e. The average Bonchev–Trinajstić information content (AvgIpc) is 2.32. The summed E-state index contributed by atoms with van der Waals surface area (Å²) in [7, 11) is 0. The van der Waals surface area contributed by atoms with Gasteiger partial charge < -0.3 is 19.7 Å². The number of hydrogen-bond donors (Lipinski definition) is 2. The Kier molecular flexibility index (Phi) is 3.03. The van der Waals surface area contributed by atoms with Crippen molar-refractivity contribution in [3.8, 4) is 17.2 Å². The van der Waals surface area contributed by atoms with E-state index in [1.54, 1.807) is 0 Å². The molecule has 5 nitrogen and oxygen atoms in total. The molecule has 1 aromatic carbocycles. The number of aliphatic carboxylic acids is 1. The Labute approximate surface area is 96.4 Å². The summed E-state index contributed by atoms with van der Waals surface area (Å²) in [6.45, 7) is 0.521. The van der Waals surface area contributed by atoms with Gasteiger partial charge in [0.05, 0.1) is 0 Å². The SMILES string of the molecule is O=C(O)CCc1cc2c(c(F)c1O)OCCO2. The van der Waals surface area contributed by atoms with Crippen molar-refractivity contribution in [1.29, 1.82) is 0 Å². The molecule has 17 heavy (non-hydrogen) atoms. The molecule has 6 heteroatoms. The average molecular weight is 242 g/mol. The first-order valence-electron chi connectivity index (χ1n) is 5.11. The van der Waals surface area contributed by atoms with Crippen molar-refractivity contribution < 1.29 is 28.9 Å². The highest BCUT2D eigenvalue weighted by Gasteiger charge is 2.23. The first-order valence-corrected chi connectivity index (χ1v) is 5.11. The second-order valence-corrected chi connectivity index (χ2v) is 3.62. The van der Waals surface area contributed by atoms with Crippen molar-refractivity contribution in [1.82, 2.24) is 0 Å². The van der Waals surface area contributed by atoms with E-state index in [0.29, 0.717) is 6.61 Å². The number of carboxylic acid groups (broad SMARTS) is 1. The number of rotatable bonds is 3. The summed E-state index contributed by atoms with van der Waals surface area (Å²) in [4.78, 5) is 10.4. The molecule has 0 aliphatic carbocycles. The molecule has 0 unspecified atom stereocenters. The predicted molar refractivity (Wildman–Crippen MR) is 55.0 cm³/mol. The lowest BCUT2D eigenvalue weighted by molar-refractivity contribution is -0.136. The molecular formula is C11H11FO5. The number of hydrogen-bond acceptors (Lipinski definition) is 4. The fraction of sp³-hybridized carbons (Fsp3) is 0.364. The van der Waals surface area contributed by atoms with Crippen molar-refractivity contribution >= 4 is 5.97 Å². The molecule has 1 aromatic rings. The van der Waals surface area contributed by atoms with E-state index in [1.807, 2.05) is 0 Å². The molecule has 2 rings (SSSR count). The third-order valence-electron chi connectivity index (χ3n) is 2.44. The van der Waals surface area contributed by atoms with E-state index < -0.39 is 17.5 Å². The van der Waals surface area contributed by atoms with Crippen LogP contribution in [0, 0.1) is 5.82 Å². The predicted octanol–water partition coefficient (Wildman–Crippen LogP) is 1.32. The lowest BCUT2D eigenvalue weighted by atomic mass is 10.1. The van der Waals surface area contributed by atoms with Gasteiger partial charge in [-0.1, -0.05) is 0 Å². The second kappa shape index (κ2) is 4.48. The van der Waals surface area contributed by atoms with Crippen molar-refractivity contribution in [2.45, 2.75) is 12.8 Å². The van der Waals surface area contributed by atoms with Gasteiger partial charge >= 0.3 is 5.97 Å². The van der Waals surface area contributed by atoms with Crippen LogP contribution in [0.5, 0.6) is 17.2 Å². The number of fused-ring (bicyclic) bond motifs is 1. The number of aryl methyl sites for hydroxylation is 1. The molecule has 0 aromatic heterocycles. The van der Waals surface area contributed by atoms with Gasteiger partial charge in [-0.15, -0.1) is 0 Å². The molecule has 92 valence electrons. The maximum Gasteiger partial charge on any atom is 0.303 e. The van der Waals surface area contributed by atoms with Crippen LogP contribution in [-0.4, -0.2) is 29.4 Å². The van der Waals surface area contributed by atoms with Gasteiger partial charge in [-0.2, -0.15) is 4.39 Å². The van der Waals surface area contributed by atoms with E-state index >= 15 is 0 Å². The van der Waals surface area contributed by atoms with Crippen molar-refractivity contribution in [3.05, 3.63) is 17.4 Å². The number of ether oxygens (including phenoxy) is 2. The topological polar surface area (TPSA) is 76.0 Å². The maximum atomic E-state index is 13.7. The number of phenols is 1. The van der Waals surface area contributed by atoms with Gasteiger partial charge in [0.25, 0.3) is 0 Å². The van der Waals surface area contributed by atoms with Crippen molar-refractivity contribution in [2.24, 2.45) is 0 Å². The minimum absolute atomic E-state index is 0.0364. The Bertz CT molecular complexity index is 458. The lowest BCUT2D eigenvalue weighted by Gasteiger charge is -2.20. The second-order valence-electron chi connectivity index (χ2n) is 3.62. The summed E-state index contributed by atoms with van der Waals surface area (Å²) >= 11 is 0. The zero-order valence-corrected chi connectivity index (χ0v) is 8.90. The van der Waals surface area contributed by atoms with E-state index in [1.165, 1.54) is 6.07 Å².